The molecule has 2 heterocycles. The number of carbonyl (C=O) groups excluding carboxylic acids is 2. The van der Waals surface area contributed by atoms with E-state index >= 15 is 0 Å². The minimum Gasteiger partial charge on any atom is -0.454 e. The van der Waals surface area contributed by atoms with Crippen molar-refractivity contribution in [3.05, 3.63) is 53.6 Å². The molecule has 2 aliphatic rings. The SMILES string of the molecule is Cc1ccc(NC(=O)NCC(=O)N2CCN(Cc3ccc4c(c3)OCO4)CC2)cc1. The van der Waals surface area contributed by atoms with Gasteiger partial charge in [0.15, 0.2) is 11.5 Å². The van der Waals surface area contributed by atoms with Crippen LogP contribution < -0.4 is 20.1 Å². The maximum absolute atomic E-state index is 12.4. The van der Waals surface area contributed by atoms with Crippen molar-refractivity contribution in [2.24, 2.45) is 0 Å². The quantitative estimate of drug-likeness (QED) is 0.790. The first-order valence-electron chi connectivity index (χ1n) is 10.1. The number of aryl methyl sites for hydroxylation is 1. The summed E-state index contributed by atoms with van der Waals surface area (Å²) < 4.78 is 10.8. The second-order valence-electron chi connectivity index (χ2n) is 7.52. The van der Waals surface area contributed by atoms with Crippen LogP contribution >= 0.6 is 0 Å². The van der Waals surface area contributed by atoms with Crippen molar-refractivity contribution < 1.29 is 19.1 Å². The first kappa shape index (κ1) is 20.0. The van der Waals surface area contributed by atoms with Crippen LogP contribution in [0.5, 0.6) is 11.5 Å². The predicted molar refractivity (Wildman–Crippen MR) is 113 cm³/mol. The van der Waals surface area contributed by atoms with Gasteiger partial charge in [-0.25, -0.2) is 4.79 Å². The van der Waals surface area contributed by atoms with Gasteiger partial charge in [0.05, 0.1) is 6.54 Å². The third-order valence-electron chi connectivity index (χ3n) is 5.28. The van der Waals surface area contributed by atoms with Crippen molar-refractivity contribution >= 4 is 17.6 Å². The molecule has 2 N–H and O–H groups in total. The molecule has 8 heteroatoms. The predicted octanol–water partition coefficient (Wildman–Crippen LogP) is 2.19. The molecular weight excluding hydrogens is 384 g/mol. The lowest BCUT2D eigenvalue weighted by Gasteiger charge is -2.34. The number of benzene rings is 2. The first-order chi connectivity index (χ1) is 14.6. The summed E-state index contributed by atoms with van der Waals surface area (Å²) in [7, 11) is 0. The largest absolute Gasteiger partial charge is 0.454 e. The van der Waals surface area contributed by atoms with Crippen LogP contribution in [0.2, 0.25) is 0 Å². The lowest BCUT2D eigenvalue weighted by Crippen LogP contribution is -2.51. The Morgan fingerprint density at radius 2 is 1.70 bits per heavy atom. The van der Waals surface area contributed by atoms with Gasteiger partial charge in [-0.15, -0.1) is 0 Å². The molecule has 0 atom stereocenters. The van der Waals surface area contributed by atoms with Crippen LogP contribution in [0.4, 0.5) is 10.5 Å². The molecule has 0 radical (unpaired) electrons. The van der Waals surface area contributed by atoms with Crippen LogP contribution in [0.25, 0.3) is 0 Å². The molecule has 0 aliphatic carbocycles. The summed E-state index contributed by atoms with van der Waals surface area (Å²) in [5.74, 6) is 1.50. The molecule has 158 valence electrons. The van der Waals surface area contributed by atoms with E-state index in [9.17, 15) is 9.59 Å². The summed E-state index contributed by atoms with van der Waals surface area (Å²) >= 11 is 0. The van der Waals surface area contributed by atoms with Gasteiger partial charge in [-0.2, -0.15) is 0 Å². The van der Waals surface area contributed by atoms with E-state index in [4.69, 9.17) is 9.47 Å². The Kier molecular flexibility index (Phi) is 6.04. The molecule has 0 saturated carbocycles. The molecule has 2 aliphatic heterocycles. The lowest BCUT2D eigenvalue weighted by atomic mass is 10.1. The van der Waals surface area contributed by atoms with Gasteiger partial charge in [-0.3, -0.25) is 9.69 Å². The third-order valence-corrected chi connectivity index (χ3v) is 5.28. The maximum atomic E-state index is 12.4. The number of nitrogens with one attached hydrogen (secondary N) is 2. The van der Waals surface area contributed by atoms with E-state index in [2.05, 4.69) is 15.5 Å². The maximum Gasteiger partial charge on any atom is 0.319 e. The van der Waals surface area contributed by atoms with E-state index in [1.165, 1.54) is 0 Å². The Balaban J connectivity index is 1.18. The molecule has 3 amide bonds. The lowest BCUT2D eigenvalue weighted by molar-refractivity contribution is -0.131. The fraction of sp³-hybridized carbons (Fsp3) is 0.364. The highest BCUT2D eigenvalue weighted by atomic mass is 16.7. The number of urea groups is 1. The number of anilines is 1. The highest BCUT2D eigenvalue weighted by Crippen LogP contribution is 2.32. The summed E-state index contributed by atoms with van der Waals surface area (Å²) in [5.41, 5.74) is 2.98. The molecule has 0 spiro atoms. The summed E-state index contributed by atoms with van der Waals surface area (Å²) in [6.45, 7) is 5.91. The highest BCUT2D eigenvalue weighted by Gasteiger charge is 2.22. The summed E-state index contributed by atoms with van der Waals surface area (Å²) in [6.07, 6.45) is 0. The van der Waals surface area contributed by atoms with Gasteiger partial charge in [-0.05, 0) is 36.8 Å². The average Bonchev–Trinajstić information content (AvgIpc) is 3.22. The van der Waals surface area contributed by atoms with Gasteiger partial charge in [0.1, 0.15) is 0 Å². The van der Waals surface area contributed by atoms with Crippen LogP contribution in [0.3, 0.4) is 0 Å². The normalized spacial score (nSPS) is 15.7. The molecule has 30 heavy (non-hydrogen) atoms. The minimum absolute atomic E-state index is 0.0140. The van der Waals surface area contributed by atoms with Crippen molar-refractivity contribution in [2.45, 2.75) is 13.5 Å². The molecule has 2 aromatic carbocycles. The van der Waals surface area contributed by atoms with Crippen LogP contribution in [-0.2, 0) is 11.3 Å². The topological polar surface area (TPSA) is 83.1 Å². The molecule has 1 saturated heterocycles. The zero-order valence-electron chi connectivity index (χ0n) is 17.0. The first-order valence-corrected chi connectivity index (χ1v) is 10.1. The van der Waals surface area contributed by atoms with Gasteiger partial charge in [0.2, 0.25) is 12.7 Å². The van der Waals surface area contributed by atoms with Crippen molar-refractivity contribution in [1.82, 2.24) is 15.1 Å². The van der Waals surface area contributed by atoms with Crippen LogP contribution in [0.1, 0.15) is 11.1 Å². The summed E-state index contributed by atoms with van der Waals surface area (Å²) in [6, 6.07) is 13.1. The Bertz CT molecular complexity index is 908. The Hall–Kier alpha value is -3.26. The van der Waals surface area contributed by atoms with E-state index < -0.39 is 0 Å². The molecule has 8 nitrogen and oxygen atoms in total. The fourth-order valence-corrected chi connectivity index (χ4v) is 3.53. The van der Waals surface area contributed by atoms with E-state index in [1.807, 2.05) is 49.4 Å². The number of piperazine rings is 1. The number of carbonyl (C=O) groups is 2. The van der Waals surface area contributed by atoms with E-state index in [-0.39, 0.29) is 25.3 Å². The zero-order valence-corrected chi connectivity index (χ0v) is 17.0. The molecule has 1 fully saturated rings. The molecule has 4 rings (SSSR count). The second kappa shape index (κ2) is 9.04. The molecule has 0 aromatic heterocycles. The highest BCUT2D eigenvalue weighted by molar-refractivity contribution is 5.92. The molecule has 0 bridgehead atoms. The number of hydrogen-bond donors (Lipinski definition) is 2. The smallest absolute Gasteiger partial charge is 0.319 e. The van der Waals surface area contributed by atoms with E-state index in [0.29, 0.717) is 18.8 Å². The Morgan fingerprint density at radius 3 is 2.47 bits per heavy atom. The number of hydrogen-bond acceptors (Lipinski definition) is 5. The van der Waals surface area contributed by atoms with Crippen molar-refractivity contribution in [3.8, 4) is 11.5 Å². The number of fused-ring (bicyclic) bond motifs is 1. The minimum atomic E-state index is -0.381. The fourth-order valence-electron chi connectivity index (χ4n) is 3.53. The van der Waals surface area contributed by atoms with Crippen molar-refractivity contribution in [2.75, 3.05) is 44.8 Å². The van der Waals surface area contributed by atoms with Crippen LogP contribution in [-0.4, -0.2) is 61.3 Å². The third kappa shape index (κ3) is 5.01. The van der Waals surface area contributed by atoms with Gasteiger partial charge in [-0.1, -0.05) is 23.8 Å². The zero-order chi connectivity index (χ0) is 20.9. The molecule has 0 unspecified atom stereocenters. The van der Waals surface area contributed by atoms with Crippen LogP contribution in [0.15, 0.2) is 42.5 Å². The van der Waals surface area contributed by atoms with E-state index in [1.54, 1.807) is 4.90 Å². The van der Waals surface area contributed by atoms with Gasteiger partial charge in [0.25, 0.3) is 0 Å². The standard InChI is InChI=1S/C22H26N4O4/c1-16-2-5-18(6-3-16)24-22(28)23-13-21(27)26-10-8-25(9-11-26)14-17-4-7-19-20(12-17)30-15-29-19/h2-7,12H,8-11,13-15H2,1H3,(H2,23,24,28). The van der Waals surface area contributed by atoms with E-state index in [0.717, 1.165) is 42.3 Å². The number of nitrogens with zero attached hydrogens (tertiary/aromatic N) is 2. The summed E-state index contributed by atoms with van der Waals surface area (Å²) in [4.78, 5) is 28.5. The molecule has 2 aromatic rings. The Morgan fingerprint density at radius 1 is 0.967 bits per heavy atom. The summed E-state index contributed by atoms with van der Waals surface area (Å²) in [5, 5.41) is 5.37. The monoisotopic (exact) mass is 410 g/mol. The van der Waals surface area contributed by atoms with Gasteiger partial charge in [0, 0.05) is 38.4 Å². The second-order valence-corrected chi connectivity index (χ2v) is 7.52. The van der Waals surface area contributed by atoms with Crippen molar-refractivity contribution in [1.29, 1.82) is 0 Å². The number of rotatable bonds is 5. The van der Waals surface area contributed by atoms with Gasteiger partial charge < -0.3 is 25.0 Å². The van der Waals surface area contributed by atoms with Crippen molar-refractivity contribution in [3.63, 3.8) is 0 Å². The van der Waals surface area contributed by atoms with Crippen LogP contribution in [0, 0.1) is 6.92 Å². The average molecular weight is 410 g/mol. The molecular formula is C22H26N4O4. The number of ether oxygens (including phenoxy) is 2. The number of amides is 3. The van der Waals surface area contributed by atoms with Gasteiger partial charge >= 0.3 is 6.03 Å². The Labute approximate surface area is 175 Å².